The number of aliphatic hydroxyl groups is 1. The molecule has 25 heavy (non-hydrogen) atoms. The number of hydrogen-bond donors (Lipinski definition) is 1. The lowest BCUT2D eigenvalue weighted by molar-refractivity contribution is -0.0436. The number of rotatable bonds is 11. The van der Waals surface area contributed by atoms with Crippen LogP contribution in [-0.4, -0.2) is 35.7 Å². The number of aliphatic hydroxyl groups excluding tert-OH is 1. The van der Waals surface area contributed by atoms with Crippen molar-refractivity contribution in [3.8, 4) is 0 Å². The van der Waals surface area contributed by atoms with Crippen molar-refractivity contribution in [1.29, 1.82) is 0 Å². The van der Waals surface area contributed by atoms with E-state index in [-0.39, 0.29) is 13.2 Å². The van der Waals surface area contributed by atoms with Gasteiger partial charge in [0.25, 0.3) is 0 Å². The Bertz CT molecular complexity index is 537. The quantitative estimate of drug-likeness (QED) is 0.569. The van der Waals surface area contributed by atoms with E-state index in [9.17, 15) is 18.5 Å². The van der Waals surface area contributed by atoms with Crippen LogP contribution in [0.5, 0.6) is 0 Å². The molecule has 1 rings (SSSR count). The van der Waals surface area contributed by atoms with E-state index in [0.29, 0.717) is 0 Å². The molecule has 1 N–H and O–H groups in total. The fraction of sp³-hybridized carbons (Fsp3) is 0.647. The molecule has 1 aromatic rings. The van der Waals surface area contributed by atoms with Gasteiger partial charge in [-0.3, -0.25) is 4.57 Å². The highest BCUT2D eigenvalue weighted by atomic mass is 31.2. The molecule has 5 nitrogen and oxygen atoms in total. The van der Waals surface area contributed by atoms with Gasteiger partial charge in [0.05, 0.1) is 37.9 Å². The number of benzene rings is 1. The molecule has 144 valence electrons. The summed E-state index contributed by atoms with van der Waals surface area (Å²) in [6, 6.07) is 9.14. The SMILES string of the molecule is CC(C)OP(=O)(OC(C)C)C(F)(F)CC(O)COCc1ccccc1. The van der Waals surface area contributed by atoms with Crippen molar-refractivity contribution in [2.24, 2.45) is 0 Å². The van der Waals surface area contributed by atoms with E-state index in [4.69, 9.17) is 13.8 Å². The topological polar surface area (TPSA) is 65.0 Å². The van der Waals surface area contributed by atoms with E-state index in [1.54, 1.807) is 0 Å². The molecule has 0 heterocycles. The summed E-state index contributed by atoms with van der Waals surface area (Å²) in [6.07, 6.45) is -3.99. The van der Waals surface area contributed by atoms with Gasteiger partial charge in [-0.2, -0.15) is 8.78 Å². The Kier molecular flexibility index (Phi) is 8.64. The first-order valence-electron chi connectivity index (χ1n) is 8.20. The molecule has 0 aliphatic heterocycles. The largest absolute Gasteiger partial charge is 0.400 e. The molecule has 0 amide bonds. The first kappa shape index (κ1) is 22.2. The Balaban J connectivity index is 2.64. The van der Waals surface area contributed by atoms with Crippen molar-refractivity contribution in [3.05, 3.63) is 35.9 Å². The Morgan fingerprint density at radius 1 is 1.08 bits per heavy atom. The zero-order chi connectivity index (χ0) is 19.1. The smallest absolute Gasteiger partial charge is 0.390 e. The number of alkyl halides is 2. The number of halogens is 2. The van der Waals surface area contributed by atoms with Gasteiger partial charge in [-0.15, -0.1) is 0 Å². The highest BCUT2D eigenvalue weighted by molar-refractivity contribution is 7.55. The summed E-state index contributed by atoms with van der Waals surface area (Å²) in [5.74, 6) is 0. The lowest BCUT2D eigenvalue weighted by Crippen LogP contribution is -2.30. The van der Waals surface area contributed by atoms with Crippen molar-refractivity contribution >= 4 is 7.60 Å². The highest BCUT2D eigenvalue weighted by Crippen LogP contribution is 2.64. The molecule has 0 aromatic heterocycles. The summed E-state index contributed by atoms with van der Waals surface area (Å²) in [5, 5.41) is 9.86. The van der Waals surface area contributed by atoms with Crippen molar-refractivity contribution < 1.29 is 32.2 Å². The average molecular weight is 380 g/mol. The standard InChI is InChI=1S/C17H27F2O5P/c1-13(2)23-25(21,24-14(3)4)17(18,19)10-16(20)12-22-11-15-8-6-5-7-9-15/h5-9,13-14,16,20H,10-12H2,1-4H3. The minimum atomic E-state index is -4.73. The summed E-state index contributed by atoms with van der Waals surface area (Å²) in [5.41, 5.74) is -2.96. The molecule has 1 unspecified atom stereocenters. The maximum absolute atomic E-state index is 14.5. The number of ether oxygens (including phenoxy) is 1. The molecule has 0 spiro atoms. The predicted molar refractivity (Wildman–Crippen MR) is 91.7 cm³/mol. The molecular weight excluding hydrogens is 353 g/mol. The summed E-state index contributed by atoms with van der Waals surface area (Å²) in [7, 11) is -4.73. The van der Waals surface area contributed by atoms with Gasteiger partial charge < -0.3 is 18.9 Å². The molecule has 1 aromatic carbocycles. The molecule has 0 saturated carbocycles. The minimum absolute atomic E-state index is 0.187. The zero-order valence-corrected chi connectivity index (χ0v) is 15.9. The molecule has 0 saturated heterocycles. The second-order valence-corrected chi connectivity index (χ2v) is 8.40. The first-order valence-corrected chi connectivity index (χ1v) is 9.74. The third-order valence-electron chi connectivity index (χ3n) is 3.00. The molecule has 1 atom stereocenters. The van der Waals surface area contributed by atoms with Gasteiger partial charge in [-0.25, -0.2) is 0 Å². The van der Waals surface area contributed by atoms with Gasteiger partial charge in [-0.05, 0) is 33.3 Å². The monoisotopic (exact) mass is 380 g/mol. The molecule has 0 aliphatic carbocycles. The van der Waals surface area contributed by atoms with Crippen LogP contribution in [-0.2, 0) is 25.0 Å². The fourth-order valence-electron chi connectivity index (χ4n) is 2.08. The first-order chi connectivity index (χ1) is 11.6. The fourth-order valence-corrected chi connectivity index (χ4v) is 3.98. The molecule has 0 fully saturated rings. The maximum Gasteiger partial charge on any atom is 0.400 e. The molecule has 0 bridgehead atoms. The highest BCUT2D eigenvalue weighted by Gasteiger charge is 2.55. The van der Waals surface area contributed by atoms with Crippen LogP contribution >= 0.6 is 7.60 Å². The van der Waals surface area contributed by atoms with Gasteiger partial charge in [0.1, 0.15) is 0 Å². The van der Waals surface area contributed by atoms with Gasteiger partial charge in [0, 0.05) is 0 Å². The van der Waals surface area contributed by atoms with Gasteiger partial charge >= 0.3 is 13.3 Å². The van der Waals surface area contributed by atoms with Crippen LogP contribution in [0, 0.1) is 0 Å². The number of hydrogen-bond acceptors (Lipinski definition) is 5. The molecule has 8 heteroatoms. The van der Waals surface area contributed by atoms with E-state index in [1.165, 1.54) is 27.7 Å². The van der Waals surface area contributed by atoms with E-state index < -0.39 is 38.0 Å². The lowest BCUT2D eigenvalue weighted by atomic mass is 10.2. The third-order valence-corrected chi connectivity index (χ3v) is 5.39. The van der Waals surface area contributed by atoms with E-state index in [2.05, 4.69) is 0 Å². The normalized spacial score (nSPS) is 14.3. The van der Waals surface area contributed by atoms with Crippen molar-refractivity contribution in [3.63, 3.8) is 0 Å². The Morgan fingerprint density at radius 3 is 2.08 bits per heavy atom. The zero-order valence-electron chi connectivity index (χ0n) is 15.0. The van der Waals surface area contributed by atoms with Crippen LogP contribution in [0.15, 0.2) is 30.3 Å². The van der Waals surface area contributed by atoms with Crippen LogP contribution in [0.4, 0.5) is 8.78 Å². The van der Waals surface area contributed by atoms with Crippen LogP contribution in [0.3, 0.4) is 0 Å². The van der Waals surface area contributed by atoms with Gasteiger partial charge in [0.2, 0.25) is 0 Å². The second-order valence-electron chi connectivity index (χ2n) is 6.33. The summed E-state index contributed by atoms with van der Waals surface area (Å²) >= 11 is 0. The van der Waals surface area contributed by atoms with Crippen LogP contribution in [0.25, 0.3) is 0 Å². The third kappa shape index (κ3) is 7.50. The van der Waals surface area contributed by atoms with Crippen molar-refractivity contribution in [2.45, 2.75) is 64.7 Å². The summed E-state index contributed by atoms with van der Waals surface area (Å²) in [6.45, 7) is 5.84. The average Bonchev–Trinajstić information content (AvgIpc) is 2.45. The summed E-state index contributed by atoms with van der Waals surface area (Å²) < 4.78 is 56.6. The van der Waals surface area contributed by atoms with E-state index in [0.717, 1.165) is 5.56 Å². The van der Waals surface area contributed by atoms with Gasteiger partial charge in [0.15, 0.2) is 0 Å². The molecular formula is C17H27F2O5P. The lowest BCUT2D eigenvalue weighted by Gasteiger charge is -2.30. The maximum atomic E-state index is 14.5. The second kappa shape index (κ2) is 9.74. The Hall–Kier alpha value is -0.850. The van der Waals surface area contributed by atoms with Crippen LogP contribution in [0.2, 0.25) is 0 Å². The molecule has 0 radical (unpaired) electrons. The van der Waals surface area contributed by atoms with Gasteiger partial charge in [-0.1, -0.05) is 30.3 Å². The van der Waals surface area contributed by atoms with E-state index in [1.807, 2.05) is 30.3 Å². The van der Waals surface area contributed by atoms with Crippen molar-refractivity contribution in [1.82, 2.24) is 0 Å². The van der Waals surface area contributed by atoms with Crippen molar-refractivity contribution in [2.75, 3.05) is 6.61 Å². The predicted octanol–water partition coefficient (Wildman–Crippen LogP) is 4.59. The van der Waals surface area contributed by atoms with Crippen LogP contribution in [0.1, 0.15) is 39.7 Å². The van der Waals surface area contributed by atoms with Crippen LogP contribution < -0.4 is 0 Å². The minimum Gasteiger partial charge on any atom is -0.390 e. The van der Waals surface area contributed by atoms with E-state index >= 15 is 0 Å². The summed E-state index contributed by atoms with van der Waals surface area (Å²) in [4.78, 5) is 0. The molecule has 0 aliphatic rings. The Morgan fingerprint density at radius 2 is 1.60 bits per heavy atom. The Labute approximate surface area is 147 Å².